The van der Waals surface area contributed by atoms with Crippen molar-refractivity contribution in [1.82, 2.24) is 9.97 Å². The van der Waals surface area contributed by atoms with Gasteiger partial charge in [0.15, 0.2) is 5.16 Å². The Kier molecular flexibility index (Phi) is 5.84. The van der Waals surface area contributed by atoms with Crippen LogP contribution in [0.2, 0.25) is 0 Å². The summed E-state index contributed by atoms with van der Waals surface area (Å²) in [6.07, 6.45) is -4.49. The Hall–Kier alpha value is -3.07. The first kappa shape index (κ1) is 19.7. The van der Waals surface area contributed by atoms with Gasteiger partial charge in [-0.25, -0.2) is 4.98 Å². The lowest BCUT2D eigenvalue weighted by molar-refractivity contribution is -0.137. The third kappa shape index (κ3) is 5.23. The number of thioether (sulfide) groups is 1. The number of amides is 1. The molecule has 0 saturated heterocycles. The summed E-state index contributed by atoms with van der Waals surface area (Å²) in [5, 5.41) is 2.65. The van der Waals surface area contributed by atoms with E-state index in [-0.39, 0.29) is 22.2 Å². The predicted molar refractivity (Wildman–Crippen MR) is 101 cm³/mol. The molecule has 0 saturated carbocycles. The Morgan fingerprint density at radius 3 is 2.54 bits per heavy atom. The van der Waals surface area contributed by atoms with Gasteiger partial charge in [-0.2, -0.15) is 13.2 Å². The molecule has 144 valence electrons. The summed E-state index contributed by atoms with van der Waals surface area (Å²) in [5.41, 5.74) is 0.0445. The quantitative estimate of drug-likeness (QED) is 0.493. The maximum atomic E-state index is 12.7. The first-order chi connectivity index (χ1) is 13.3. The van der Waals surface area contributed by atoms with E-state index < -0.39 is 17.6 Å². The number of alkyl halides is 3. The van der Waals surface area contributed by atoms with Crippen molar-refractivity contribution in [2.75, 3.05) is 11.1 Å². The van der Waals surface area contributed by atoms with Gasteiger partial charge < -0.3 is 10.3 Å². The number of aromatic nitrogens is 2. The van der Waals surface area contributed by atoms with Gasteiger partial charge >= 0.3 is 6.18 Å². The number of halogens is 3. The molecule has 0 aliphatic carbocycles. The summed E-state index contributed by atoms with van der Waals surface area (Å²) in [6, 6.07) is 14.8. The second-order valence-electron chi connectivity index (χ2n) is 5.72. The Balaban J connectivity index is 1.67. The molecule has 0 unspecified atom stereocenters. The number of aromatic amines is 1. The lowest BCUT2D eigenvalue weighted by atomic mass is 10.1. The van der Waals surface area contributed by atoms with Gasteiger partial charge in [-0.1, -0.05) is 48.2 Å². The molecule has 1 heterocycles. The molecule has 28 heavy (non-hydrogen) atoms. The van der Waals surface area contributed by atoms with Crippen LogP contribution in [0.25, 0.3) is 11.3 Å². The normalized spacial score (nSPS) is 11.2. The van der Waals surface area contributed by atoms with Crippen molar-refractivity contribution in [2.45, 2.75) is 11.3 Å². The molecule has 0 spiro atoms. The molecule has 9 heteroatoms. The van der Waals surface area contributed by atoms with Crippen molar-refractivity contribution in [3.63, 3.8) is 0 Å². The number of benzene rings is 2. The number of H-pyrrole nitrogens is 1. The van der Waals surface area contributed by atoms with Crippen LogP contribution < -0.4 is 10.9 Å². The first-order valence-corrected chi connectivity index (χ1v) is 9.06. The predicted octanol–water partition coefficient (Wildman–Crippen LogP) is 4.19. The smallest absolute Gasteiger partial charge is 0.325 e. The van der Waals surface area contributed by atoms with Crippen LogP contribution in [-0.2, 0) is 11.0 Å². The highest BCUT2D eigenvalue weighted by atomic mass is 32.2. The van der Waals surface area contributed by atoms with Crippen molar-refractivity contribution < 1.29 is 18.0 Å². The second-order valence-corrected chi connectivity index (χ2v) is 6.68. The Morgan fingerprint density at radius 1 is 1.07 bits per heavy atom. The molecule has 3 aromatic rings. The highest BCUT2D eigenvalue weighted by Crippen LogP contribution is 2.30. The van der Waals surface area contributed by atoms with Gasteiger partial charge in [0.05, 0.1) is 17.0 Å². The van der Waals surface area contributed by atoms with Crippen LogP contribution in [0.5, 0.6) is 0 Å². The average Bonchev–Trinajstić information content (AvgIpc) is 2.66. The highest BCUT2D eigenvalue weighted by molar-refractivity contribution is 7.99. The summed E-state index contributed by atoms with van der Waals surface area (Å²) in [6.45, 7) is 0. The van der Waals surface area contributed by atoms with Gasteiger partial charge in [0, 0.05) is 17.3 Å². The molecule has 3 rings (SSSR count). The lowest BCUT2D eigenvalue weighted by Gasteiger charge is -2.10. The van der Waals surface area contributed by atoms with E-state index >= 15 is 0 Å². The number of hydrogen-bond donors (Lipinski definition) is 2. The summed E-state index contributed by atoms with van der Waals surface area (Å²) >= 11 is 0.980. The minimum atomic E-state index is -4.49. The molecule has 1 amide bonds. The van der Waals surface area contributed by atoms with E-state index in [9.17, 15) is 22.8 Å². The van der Waals surface area contributed by atoms with Crippen molar-refractivity contribution in [3.05, 3.63) is 76.6 Å². The van der Waals surface area contributed by atoms with E-state index in [1.807, 2.05) is 18.2 Å². The van der Waals surface area contributed by atoms with Gasteiger partial charge in [0.25, 0.3) is 5.56 Å². The first-order valence-electron chi connectivity index (χ1n) is 8.08. The monoisotopic (exact) mass is 405 g/mol. The standard InChI is InChI=1S/C19H14F3N3O2S/c20-19(21,22)13-7-4-8-14(9-13)23-17(27)11-28-18-24-15(10-16(26)25-18)12-5-2-1-3-6-12/h1-10H,11H2,(H,23,27)(H,24,25,26). The molecule has 0 aliphatic rings. The van der Waals surface area contributed by atoms with Crippen LogP contribution >= 0.6 is 11.8 Å². The zero-order valence-electron chi connectivity index (χ0n) is 14.3. The largest absolute Gasteiger partial charge is 0.416 e. The second kappa shape index (κ2) is 8.30. The Labute approximate surface area is 162 Å². The minimum Gasteiger partial charge on any atom is -0.325 e. The van der Waals surface area contributed by atoms with Crippen molar-refractivity contribution >= 4 is 23.4 Å². The zero-order valence-corrected chi connectivity index (χ0v) is 15.1. The molecule has 1 aromatic heterocycles. The van der Waals surface area contributed by atoms with Gasteiger partial charge in [-0.3, -0.25) is 9.59 Å². The van der Waals surface area contributed by atoms with Gasteiger partial charge in [0.2, 0.25) is 5.91 Å². The highest BCUT2D eigenvalue weighted by Gasteiger charge is 2.30. The van der Waals surface area contributed by atoms with Crippen molar-refractivity contribution in [2.24, 2.45) is 0 Å². The molecule has 2 N–H and O–H groups in total. The van der Waals surface area contributed by atoms with E-state index in [2.05, 4.69) is 15.3 Å². The maximum absolute atomic E-state index is 12.7. The molecule has 5 nitrogen and oxygen atoms in total. The number of rotatable bonds is 5. The molecule has 0 bridgehead atoms. The van der Waals surface area contributed by atoms with Gasteiger partial charge in [-0.15, -0.1) is 0 Å². The van der Waals surface area contributed by atoms with Crippen LogP contribution in [0.4, 0.5) is 18.9 Å². The molecular weight excluding hydrogens is 391 g/mol. The molecule has 0 fully saturated rings. The van der Waals surface area contributed by atoms with E-state index in [0.717, 1.165) is 29.5 Å². The maximum Gasteiger partial charge on any atom is 0.416 e. The minimum absolute atomic E-state index is 0.0416. The van der Waals surface area contributed by atoms with Crippen molar-refractivity contribution in [1.29, 1.82) is 0 Å². The third-order valence-corrected chi connectivity index (χ3v) is 4.48. The molecule has 0 radical (unpaired) electrons. The fourth-order valence-corrected chi connectivity index (χ4v) is 3.04. The van der Waals surface area contributed by atoms with E-state index in [4.69, 9.17) is 0 Å². The summed E-state index contributed by atoms with van der Waals surface area (Å²) in [4.78, 5) is 30.7. The van der Waals surface area contributed by atoms with Crippen LogP contribution in [-0.4, -0.2) is 21.6 Å². The molecule has 0 atom stereocenters. The summed E-state index contributed by atoms with van der Waals surface area (Å²) in [7, 11) is 0. The van der Waals surface area contributed by atoms with E-state index in [1.165, 1.54) is 18.2 Å². The lowest BCUT2D eigenvalue weighted by Crippen LogP contribution is -2.16. The number of nitrogens with zero attached hydrogens (tertiary/aromatic N) is 1. The van der Waals surface area contributed by atoms with Crippen LogP contribution in [0.1, 0.15) is 5.56 Å². The van der Waals surface area contributed by atoms with Crippen LogP contribution in [0, 0.1) is 0 Å². The SMILES string of the molecule is O=C(CSc1nc(-c2ccccc2)cc(=O)[nH]1)Nc1cccc(C(F)(F)F)c1. The van der Waals surface area contributed by atoms with Gasteiger partial charge in [0.1, 0.15) is 0 Å². The van der Waals surface area contributed by atoms with E-state index in [0.29, 0.717) is 5.69 Å². The average molecular weight is 405 g/mol. The molecule has 2 aromatic carbocycles. The number of carbonyl (C=O) groups is 1. The zero-order chi connectivity index (χ0) is 20.1. The van der Waals surface area contributed by atoms with Crippen molar-refractivity contribution in [3.8, 4) is 11.3 Å². The van der Waals surface area contributed by atoms with Crippen LogP contribution in [0.15, 0.2) is 70.6 Å². The number of carbonyl (C=O) groups excluding carboxylic acids is 1. The number of anilines is 1. The topological polar surface area (TPSA) is 74.8 Å². The number of hydrogen-bond acceptors (Lipinski definition) is 4. The molecular formula is C19H14F3N3O2S. The third-order valence-electron chi connectivity index (χ3n) is 3.60. The van der Waals surface area contributed by atoms with E-state index in [1.54, 1.807) is 12.1 Å². The fourth-order valence-electron chi connectivity index (χ4n) is 2.36. The Morgan fingerprint density at radius 2 is 1.82 bits per heavy atom. The summed E-state index contributed by atoms with van der Waals surface area (Å²) in [5.74, 6) is -0.644. The summed E-state index contributed by atoms with van der Waals surface area (Å²) < 4.78 is 38.2. The fraction of sp³-hybridized carbons (Fsp3) is 0.105. The molecule has 0 aliphatic heterocycles. The Bertz CT molecular complexity index is 1040. The van der Waals surface area contributed by atoms with Gasteiger partial charge in [-0.05, 0) is 18.2 Å². The van der Waals surface area contributed by atoms with Crippen LogP contribution in [0.3, 0.4) is 0 Å². The number of nitrogens with one attached hydrogen (secondary N) is 2.